The third kappa shape index (κ3) is 4.34. The Morgan fingerprint density at radius 3 is 2.74 bits per heavy atom. The molecule has 0 fully saturated rings. The highest BCUT2D eigenvalue weighted by molar-refractivity contribution is 14.1. The zero-order valence-corrected chi connectivity index (χ0v) is 14.4. The van der Waals surface area contributed by atoms with E-state index in [1.165, 1.54) is 0 Å². The van der Waals surface area contributed by atoms with Gasteiger partial charge in [0.15, 0.2) is 0 Å². The van der Waals surface area contributed by atoms with Crippen molar-refractivity contribution in [1.82, 2.24) is 0 Å². The van der Waals surface area contributed by atoms with Gasteiger partial charge in [-0.1, -0.05) is 39.7 Å². The first kappa shape index (κ1) is 15.1. The molecule has 0 bridgehead atoms. The summed E-state index contributed by atoms with van der Waals surface area (Å²) in [6.45, 7) is 0.452. The largest absolute Gasteiger partial charge is 0.387 e. The number of nitrogens with one attached hydrogen (secondary N) is 1. The Hall–Kier alpha value is -0.300. The lowest BCUT2D eigenvalue weighted by atomic mass is 10.1. The molecule has 1 atom stereocenters. The molecule has 1 unspecified atom stereocenters. The van der Waals surface area contributed by atoms with Crippen molar-refractivity contribution in [3.8, 4) is 0 Å². The van der Waals surface area contributed by atoms with E-state index in [2.05, 4.69) is 43.8 Å². The molecule has 0 heterocycles. The second-order valence-corrected chi connectivity index (χ2v) is 6.59. The van der Waals surface area contributed by atoms with Crippen LogP contribution in [0.15, 0.2) is 46.9 Å². The number of benzene rings is 2. The van der Waals surface area contributed by atoms with Crippen LogP contribution in [0.1, 0.15) is 11.7 Å². The van der Waals surface area contributed by atoms with Gasteiger partial charge in [0.25, 0.3) is 0 Å². The Bertz CT molecular complexity index is 579. The molecule has 2 rings (SSSR count). The van der Waals surface area contributed by atoms with Gasteiger partial charge in [0.2, 0.25) is 0 Å². The highest BCUT2D eigenvalue weighted by Crippen LogP contribution is 2.24. The molecular weight excluding hydrogens is 440 g/mol. The van der Waals surface area contributed by atoms with Gasteiger partial charge in [0.05, 0.1) is 6.10 Å². The van der Waals surface area contributed by atoms with Crippen molar-refractivity contribution in [2.24, 2.45) is 0 Å². The maximum Gasteiger partial charge on any atom is 0.0962 e. The molecule has 0 spiro atoms. The summed E-state index contributed by atoms with van der Waals surface area (Å²) in [4.78, 5) is 0. The maximum absolute atomic E-state index is 10.1. The minimum Gasteiger partial charge on any atom is -0.387 e. The summed E-state index contributed by atoms with van der Waals surface area (Å²) in [5, 5.41) is 14.1. The predicted molar refractivity (Wildman–Crippen MR) is 91.8 cm³/mol. The van der Waals surface area contributed by atoms with E-state index in [1.54, 1.807) is 0 Å². The molecule has 0 aliphatic heterocycles. The van der Waals surface area contributed by atoms with Gasteiger partial charge in [-0.2, -0.15) is 0 Å². The monoisotopic (exact) mass is 451 g/mol. The van der Waals surface area contributed by atoms with Crippen molar-refractivity contribution >= 4 is 55.8 Å². The van der Waals surface area contributed by atoms with E-state index in [1.807, 2.05) is 42.5 Å². The zero-order valence-electron chi connectivity index (χ0n) is 9.91. The molecule has 5 heteroatoms. The quantitative estimate of drug-likeness (QED) is 0.650. The number of aliphatic hydroxyl groups is 1. The second kappa shape index (κ2) is 6.92. The van der Waals surface area contributed by atoms with Crippen molar-refractivity contribution in [3.05, 3.63) is 61.1 Å². The number of hydrogen-bond acceptors (Lipinski definition) is 2. The van der Waals surface area contributed by atoms with Gasteiger partial charge >= 0.3 is 0 Å². The number of rotatable bonds is 4. The fraction of sp³-hybridized carbons (Fsp3) is 0.143. The van der Waals surface area contributed by atoms with Crippen molar-refractivity contribution in [3.63, 3.8) is 0 Å². The highest BCUT2D eigenvalue weighted by Gasteiger charge is 2.08. The molecule has 0 saturated carbocycles. The molecule has 0 aliphatic carbocycles. The first-order valence-electron chi connectivity index (χ1n) is 5.69. The number of halogens is 3. The van der Waals surface area contributed by atoms with Crippen molar-refractivity contribution in [2.45, 2.75) is 6.10 Å². The summed E-state index contributed by atoms with van der Waals surface area (Å²) in [5.74, 6) is 0. The summed E-state index contributed by atoms with van der Waals surface area (Å²) in [5.41, 5.74) is 1.85. The van der Waals surface area contributed by atoms with Crippen LogP contribution >= 0.6 is 50.1 Å². The minimum atomic E-state index is -0.552. The first-order valence-corrected chi connectivity index (χ1v) is 7.93. The predicted octanol–water partition coefficient (Wildman–Crippen LogP) is 4.85. The maximum atomic E-state index is 10.1. The molecule has 100 valence electrons. The number of anilines is 1. The number of hydrogen-bond donors (Lipinski definition) is 2. The second-order valence-electron chi connectivity index (χ2n) is 4.08. The van der Waals surface area contributed by atoms with Crippen LogP contribution < -0.4 is 5.32 Å². The molecule has 2 nitrogen and oxygen atoms in total. The smallest absolute Gasteiger partial charge is 0.0962 e. The van der Waals surface area contributed by atoms with Gasteiger partial charge in [-0.3, -0.25) is 0 Å². The first-order chi connectivity index (χ1) is 9.06. The molecule has 0 aliphatic rings. The molecule has 0 saturated heterocycles. The van der Waals surface area contributed by atoms with Crippen LogP contribution in [-0.2, 0) is 0 Å². The third-order valence-corrected chi connectivity index (χ3v) is 4.27. The highest BCUT2D eigenvalue weighted by atomic mass is 127. The topological polar surface area (TPSA) is 32.3 Å². The van der Waals surface area contributed by atoms with E-state index in [-0.39, 0.29) is 0 Å². The molecule has 0 aromatic heterocycles. The van der Waals surface area contributed by atoms with Crippen LogP contribution in [0.25, 0.3) is 0 Å². The Kier molecular flexibility index (Phi) is 5.50. The Labute approximate surface area is 139 Å². The summed E-state index contributed by atoms with van der Waals surface area (Å²) in [6.07, 6.45) is -0.552. The van der Waals surface area contributed by atoms with E-state index in [0.29, 0.717) is 11.6 Å². The average Bonchev–Trinajstić information content (AvgIpc) is 2.37. The van der Waals surface area contributed by atoms with Crippen molar-refractivity contribution < 1.29 is 5.11 Å². The lowest BCUT2D eigenvalue weighted by Crippen LogP contribution is -2.12. The fourth-order valence-corrected chi connectivity index (χ4v) is 3.15. The van der Waals surface area contributed by atoms with E-state index < -0.39 is 6.10 Å². The molecule has 0 radical (unpaired) electrons. The molecular formula is C14H12BrClINO. The van der Waals surface area contributed by atoms with E-state index >= 15 is 0 Å². The summed E-state index contributed by atoms with van der Waals surface area (Å²) in [6, 6.07) is 13.3. The van der Waals surface area contributed by atoms with Crippen LogP contribution in [0.4, 0.5) is 5.69 Å². The Morgan fingerprint density at radius 2 is 2.05 bits per heavy atom. The van der Waals surface area contributed by atoms with Gasteiger partial charge in [-0.05, 0) is 58.5 Å². The average molecular weight is 453 g/mol. The Morgan fingerprint density at radius 1 is 1.26 bits per heavy atom. The summed E-state index contributed by atoms with van der Waals surface area (Å²) < 4.78 is 2.00. The van der Waals surface area contributed by atoms with Gasteiger partial charge < -0.3 is 10.4 Å². The lowest BCUT2D eigenvalue weighted by molar-refractivity contribution is 0.191. The van der Waals surface area contributed by atoms with E-state index in [0.717, 1.165) is 19.3 Å². The summed E-state index contributed by atoms with van der Waals surface area (Å²) in [7, 11) is 0. The SMILES string of the molecule is OC(CNc1ccc(Cl)cc1I)c1cccc(Br)c1. The Balaban J connectivity index is 2.02. The molecule has 2 aromatic rings. The van der Waals surface area contributed by atoms with Gasteiger partial charge in [-0.15, -0.1) is 0 Å². The van der Waals surface area contributed by atoms with Crippen molar-refractivity contribution in [2.75, 3.05) is 11.9 Å². The standard InChI is InChI=1S/C14H12BrClINO/c15-10-3-1-2-9(6-10)14(19)8-18-13-5-4-11(16)7-12(13)17/h1-7,14,18-19H,8H2. The van der Waals surface area contributed by atoms with E-state index in [4.69, 9.17) is 11.6 Å². The normalized spacial score (nSPS) is 12.2. The third-order valence-electron chi connectivity index (χ3n) is 2.65. The van der Waals surface area contributed by atoms with Gasteiger partial charge in [0, 0.05) is 25.3 Å². The van der Waals surface area contributed by atoms with Gasteiger partial charge in [0.1, 0.15) is 0 Å². The van der Waals surface area contributed by atoms with Crippen molar-refractivity contribution in [1.29, 1.82) is 0 Å². The van der Waals surface area contributed by atoms with E-state index in [9.17, 15) is 5.11 Å². The van der Waals surface area contributed by atoms with Crippen LogP contribution in [-0.4, -0.2) is 11.7 Å². The summed E-state index contributed by atoms with van der Waals surface area (Å²) >= 11 is 11.5. The zero-order chi connectivity index (χ0) is 13.8. The molecule has 19 heavy (non-hydrogen) atoms. The van der Waals surface area contributed by atoms with Crippen LogP contribution in [0.3, 0.4) is 0 Å². The minimum absolute atomic E-state index is 0.452. The lowest BCUT2D eigenvalue weighted by Gasteiger charge is -2.14. The van der Waals surface area contributed by atoms with Crippen LogP contribution in [0.2, 0.25) is 5.02 Å². The molecule has 0 amide bonds. The van der Waals surface area contributed by atoms with Crippen LogP contribution in [0.5, 0.6) is 0 Å². The molecule has 2 aromatic carbocycles. The number of aliphatic hydroxyl groups excluding tert-OH is 1. The van der Waals surface area contributed by atoms with Gasteiger partial charge in [-0.25, -0.2) is 0 Å². The fourth-order valence-electron chi connectivity index (χ4n) is 1.67. The molecule has 2 N–H and O–H groups in total. The van der Waals surface area contributed by atoms with Crippen LogP contribution in [0, 0.1) is 3.57 Å².